The molecule has 0 atom stereocenters. The third-order valence-corrected chi connectivity index (χ3v) is 7.25. The van der Waals surface area contributed by atoms with Gasteiger partial charge in [-0.15, -0.1) is 0 Å². The lowest BCUT2D eigenvalue weighted by Crippen LogP contribution is -2.30. The average Bonchev–Trinajstić information content (AvgIpc) is 3.42. The van der Waals surface area contributed by atoms with Crippen molar-refractivity contribution in [3.05, 3.63) is 46.3 Å². The molecule has 4 aliphatic rings. The second-order valence-electron chi connectivity index (χ2n) is 9.33. The zero-order chi connectivity index (χ0) is 21.9. The van der Waals surface area contributed by atoms with Crippen molar-refractivity contribution in [2.24, 2.45) is 7.05 Å². The molecular formula is C25H28N8. The maximum Gasteiger partial charge on any atom is 0.159 e. The van der Waals surface area contributed by atoms with Gasteiger partial charge in [-0.05, 0) is 56.0 Å². The van der Waals surface area contributed by atoms with Crippen molar-refractivity contribution in [1.29, 1.82) is 0 Å². The van der Waals surface area contributed by atoms with Gasteiger partial charge in [-0.1, -0.05) is 6.08 Å². The molecule has 0 spiro atoms. The molecule has 4 aliphatic heterocycles. The number of hydrogen-bond donors (Lipinski definition) is 2. The SMILES string of the molecule is Cn1nc(-c2nc3c(N4CCCCC4)nccc3[nH]2)c2c1=CC=C(C1=CCNCC1)N1CC=21. The number of hydrogen-bond acceptors (Lipinski definition) is 6. The number of piperidine rings is 1. The van der Waals surface area contributed by atoms with E-state index >= 15 is 0 Å². The Morgan fingerprint density at radius 2 is 2.00 bits per heavy atom. The maximum absolute atomic E-state index is 5.05. The molecule has 0 aliphatic carbocycles. The van der Waals surface area contributed by atoms with Crippen LogP contribution < -0.4 is 20.8 Å². The maximum atomic E-state index is 5.05. The molecule has 7 heterocycles. The monoisotopic (exact) mass is 440 g/mol. The Hall–Kier alpha value is -3.39. The summed E-state index contributed by atoms with van der Waals surface area (Å²) in [5.74, 6) is 1.82. The molecule has 33 heavy (non-hydrogen) atoms. The van der Waals surface area contributed by atoms with Crippen LogP contribution in [0.2, 0.25) is 0 Å². The van der Waals surface area contributed by atoms with Gasteiger partial charge in [0.15, 0.2) is 11.6 Å². The number of nitrogens with zero attached hydrogens (tertiary/aromatic N) is 6. The summed E-state index contributed by atoms with van der Waals surface area (Å²) in [5, 5.41) is 10.7. The fourth-order valence-corrected chi connectivity index (χ4v) is 5.49. The van der Waals surface area contributed by atoms with Crippen LogP contribution in [0, 0.1) is 0 Å². The first-order valence-corrected chi connectivity index (χ1v) is 12.0. The number of anilines is 1. The molecule has 2 fully saturated rings. The highest BCUT2D eigenvalue weighted by atomic mass is 15.3. The smallest absolute Gasteiger partial charge is 0.159 e. The van der Waals surface area contributed by atoms with Crippen LogP contribution in [0.1, 0.15) is 25.7 Å². The molecule has 7 rings (SSSR count). The first-order valence-electron chi connectivity index (χ1n) is 12.0. The highest BCUT2D eigenvalue weighted by Crippen LogP contribution is 2.35. The van der Waals surface area contributed by atoms with Crippen LogP contribution in [-0.2, 0) is 7.05 Å². The minimum Gasteiger partial charge on any atom is -0.355 e. The minimum absolute atomic E-state index is 0.824. The van der Waals surface area contributed by atoms with Gasteiger partial charge in [0.25, 0.3) is 0 Å². The molecule has 0 radical (unpaired) electrons. The molecule has 0 amide bonds. The van der Waals surface area contributed by atoms with Gasteiger partial charge in [0, 0.05) is 38.6 Å². The van der Waals surface area contributed by atoms with Gasteiger partial charge in [-0.3, -0.25) is 4.68 Å². The molecule has 8 heteroatoms. The van der Waals surface area contributed by atoms with Gasteiger partial charge in [-0.25, -0.2) is 9.97 Å². The van der Waals surface area contributed by atoms with E-state index in [1.807, 2.05) is 24.0 Å². The minimum atomic E-state index is 0.824. The summed E-state index contributed by atoms with van der Waals surface area (Å²) < 4.78 is 1.99. The van der Waals surface area contributed by atoms with E-state index in [0.717, 1.165) is 72.9 Å². The van der Waals surface area contributed by atoms with Gasteiger partial charge in [0.1, 0.15) is 11.2 Å². The van der Waals surface area contributed by atoms with E-state index in [4.69, 9.17) is 15.1 Å². The van der Waals surface area contributed by atoms with Crippen LogP contribution in [0.25, 0.3) is 34.3 Å². The predicted octanol–water partition coefficient (Wildman–Crippen LogP) is 1.37. The van der Waals surface area contributed by atoms with Crippen LogP contribution in [0.15, 0.2) is 35.7 Å². The van der Waals surface area contributed by atoms with Crippen LogP contribution in [-0.4, -0.2) is 62.4 Å². The lowest BCUT2D eigenvalue weighted by atomic mass is 10.1. The summed E-state index contributed by atoms with van der Waals surface area (Å²) in [6, 6.07) is 2.02. The summed E-state index contributed by atoms with van der Waals surface area (Å²) in [6.07, 6.45) is 13.5. The fraction of sp³-hybridized carbons (Fsp3) is 0.400. The molecule has 168 valence electrons. The van der Waals surface area contributed by atoms with Gasteiger partial charge in [-0.2, -0.15) is 5.10 Å². The number of imidazole rings is 1. The number of aromatic amines is 1. The highest BCUT2D eigenvalue weighted by molar-refractivity contribution is 5.89. The van der Waals surface area contributed by atoms with Gasteiger partial charge >= 0.3 is 0 Å². The van der Waals surface area contributed by atoms with E-state index in [1.54, 1.807) is 0 Å². The topological polar surface area (TPSA) is 77.7 Å². The number of aryl methyl sites for hydroxylation is 1. The van der Waals surface area contributed by atoms with Gasteiger partial charge in [0.2, 0.25) is 0 Å². The van der Waals surface area contributed by atoms with E-state index in [0.29, 0.717) is 0 Å². The number of H-pyrrole nitrogens is 1. The average molecular weight is 441 g/mol. The number of aromatic nitrogens is 5. The van der Waals surface area contributed by atoms with Crippen molar-refractivity contribution in [3.63, 3.8) is 0 Å². The number of rotatable bonds is 3. The Balaban J connectivity index is 1.35. The summed E-state index contributed by atoms with van der Waals surface area (Å²) in [6.45, 7) is 5.04. The van der Waals surface area contributed by atoms with Crippen molar-refractivity contribution in [2.45, 2.75) is 25.7 Å². The summed E-state index contributed by atoms with van der Waals surface area (Å²) in [4.78, 5) is 18.1. The van der Waals surface area contributed by atoms with Crippen molar-refractivity contribution in [2.75, 3.05) is 37.6 Å². The number of allylic oxidation sites excluding steroid dienone is 2. The van der Waals surface area contributed by atoms with Gasteiger partial charge < -0.3 is 20.1 Å². The van der Waals surface area contributed by atoms with Crippen molar-refractivity contribution in [3.8, 4) is 11.5 Å². The van der Waals surface area contributed by atoms with E-state index < -0.39 is 0 Å². The van der Waals surface area contributed by atoms with E-state index in [2.05, 4.69) is 38.3 Å². The Morgan fingerprint density at radius 3 is 2.85 bits per heavy atom. The molecule has 0 aromatic carbocycles. The van der Waals surface area contributed by atoms with Gasteiger partial charge in [0.05, 0.1) is 28.3 Å². The van der Waals surface area contributed by atoms with Crippen LogP contribution in [0.3, 0.4) is 0 Å². The first kappa shape index (κ1) is 19.1. The van der Waals surface area contributed by atoms with Crippen molar-refractivity contribution in [1.82, 2.24) is 34.9 Å². The second-order valence-corrected chi connectivity index (χ2v) is 9.33. The molecule has 0 bridgehead atoms. The third kappa shape index (κ3) is 3.04. The lowest BCUT2D eigenvalue weighted by molar-refractivity contribution is 0.574. The normalized spacial score (nSPS) is 20.1. The Kier molecular flexibility index (Phi) is 4.24. The van der Waals surface area contributed by atoms with Crippen LogP contribution >= 0.6 is 0 Å². The molecule has 8 nitrogen and oxygen atoms in total. The number of pyridine rings is 1. The summed E-state index contributed by atoms with van der Waals surface area (Å²) in [7, 11) is 2.03. The predicted molar refractivity (Wildman–Crippen MR) is 130 cm³/mol. The Morgan fingerprint density at radius 1 is 1.09 bits per heavy atom. The Bertz CT molecular complexity index is 1450. The molecule has 0 unspecified atom stereocenters. The Labute approximate surface area is 192 Å². The van der Waals surface area contributed by atoms with Crippen molar-refractivity contribution < 1.29 is 0 Å². The number of fused-ring (bicyclic) bond motifs is 3. The second kappa shape index (κ2) is 7.31. The quantitative estimate of drug-likeness (QED) is 0.599. The molecule has 2 saturated heterocycles. The van der Waals surface area contributed by atoms with E-state index in [9.17, 15) is 0 Å². The molecule has 3 aromatic heterocycles. The zero-order valence-electron chi connectivity index (χ0n) is 18.9. The summed E-state index contributed by atoms with van der Waals surface area (Å²) in [5.41, 5.74) is 6.99. The third-order valence-electron chi connectivity index (χ3n) is 7.25. The van der Waals surface area contributed by atoms with Crippen LogP contribution in [0.4, 0.5) is 5.82 Å². The largest absolute Gasteiger partial charge is 0.355 e. The lowest BCUT2D eigenvalue weighted by Gasteiger charge is -2.27. The molecule has 2 N–H and O–H groups in total. The van der Waals surface area contributed by atoms with E-state index in [1.165, 1.54) is 41.4 Å². The molecule has 3 aromatic rings. The fourth-order valence-electron chi connectivity index (χ4n) is 5.49. The van der Waals surface area contributed by atoms with Crippen LogP contribution in [0.5, 0.6) is 0 Å². The molecule has 0 saturated carbocycles. The van der Waals surface area contributed by atoms with E-state index in [-0.39, 0.29) is 0 Å². The first-order chi connectivity index (χ1) is 16.3. The summed E-state index contributed by atoms with van der Waals surface area (Å²) >= 11 is 0. The molecular weight excluding hydrogens is 412 g/mol. The standard InChI is InChI=1S/C25H28N8/c1-31-19-6-5-18(16-7-10-26-11-8-16)33-15-20(33)21(19)23(30-31)24-28-17-9-12-27-25(22(17)29-24)32-13-3-2-4-14-32/h5-7,9,12,26H,2-4,8,10-11,13-15H2,1H3,(H,28,29). The number of nitrogens with one attached hydrogen (secondary N) is 2. The van der Waals surface area contributed by atoms with Crippen molar-refractivity contribution >= 4 is 28.6 Å². The highest BCUT2D eigenvalue weighted by Gasteiger charge is 2.35. The zero-order valence-corrected chi connectivity index (χ0v) is 18.9.